The van der Waals surface area contributed by atoms with E-state index in [1.165, 1.54) is 6.07 Å². The Kier molecular flexibility index (Phi) is 4.12. The third-order valence-corrected chi connectivity index (χ3v) is 3.39. The highest BCUT2D eigenvalue weighted by atomic mass is 16.4. The number of carboxylic acid groups (broad SMARTS) is 1. The Morgan fingerprint density at radius 1 is 1.29 bits per heavy atom. The van der Waals surface area contributed by atoms with Crippen LogP contribution in [0.2, 0.25) is 0 Å². The topological polar surface area (TPSA) is 73.4 Å². The fourth-order valence-electron chi connectivity index (χ4n) is 2.33. The van der Waals surface area contributed by atoms with Gasteiger partial charge in [0.05, 0.1) is 5.69 Å². The molecule has 0 aliphatic heterocycles. The van der Waals surface area contributed by atoms with Gasteiger partial charge in [0.15, 0.2) is 0 Å². The summed E-state index contributed by atoms with van der Waals surface area (Å²) in [7, 11) is 3.85. The number of nitrogens with one attached hydrogen (secondary N) is 1. The van der Waals surface area contributed by atoms with Gasteiger partial charge in [-0.15, -0.1) is 0 Å². The summed E-state index contributed by atoms with van der Waals surface area (Å²) < 4.78 is 0. The van der Waals surface area contributed by atoms with Crippen LogP contribution in [0.1, 0.15) is 22.8 Å². The molecule has 0 aliphatic carbocycles. The minimum absolute atomic E-state index is 0.224. The number of aromatic amines is 1. The fraction of sp³-hybridized carbons (Fsp3) is 0.250. The van der Waals surface area contributed by atoms with Crippen LogP contribution in [0.15, 0.2) is 35.1 Å². The van der Waals surface area contributed by atoms with E-state index in [4.69, 9.17) is 5.11 Å². The van der Waals surface area contributed by atoms with Crippen LogP contribution < -0.4 is 10.5 Å². The Balaban J connectivity index is 2.73. The molecule has 2 rings (SSSR count). The van der Waals surface area contributed by atoms with E-state index in [0.717, 1.165) is 16.8 Å². The first kappa shape index (κ1) is 14.8. The first-order chi connectivity index (χ1) is 9.95. The number of nitrogens with zero attached hydrogens (tertiary/aromatic N) is 1. The predicted molar refractivity (Wildman–Crippen MR) is 83.2 cm³/mol. The number of para-hydroxylation sites is 1. The number of aryl methyl sites for hydroxylation is 1. The monoisotopic (exact) mass is 286 g/mol. The van der Waals surface area contributed by atoms with Crippen molar-refractivity contribution in [3.05, 3.63) is 51.8 Å². The second kappa shape index (κ2) is 5.83. The molecule has 0 spiro atoms. The number of H-pyrrole nitrogens is 1. The summed E-state index contributed by atoms with van der Waals surface area (Å²) in [6.07, 6.45) is 0.633. The van der Waals surface area contributed by atoms with Crippen molar-refractivity contribution in [2.45, 2.75) is 13.3 Å². The van der Waals surface area contributed by atoms with E-state index in [1.807, 2.05) is 50.2 Å². The van der Waals surface area contributed by atoms with Gasteiger partial charge in [0.1, 0.15) is 5.56 Å². The van der Waals surface area contributed by atoms with Crippen LogP contribution in [0, 0.1) is 0 Å². The fourth-order valence-corrected chi connectivity index (χ4v) is 2.33. The van der Waals surface area contributed by atoms with Crippen LogP contribution in [0.25, 0.3) is 11.3 Å². The lowest BCUT2D eigenvalue weighted by Crippen LogP contribution is -2.20. The summed E-state index contributed by atoms with van der Waals surface area (Å²) >= 11 is 0. The van der Waals surface area contributed by atoms with Crippen LogP contribution in [0.4, 0.5) is 5.69 Å². The Labute approximate surface area is 122 Å². The Bertz CT molecular complexity index is 733. The van der Waals surface area contributed by atoms with Crippen LogP contribution in [0.3, 0.4) is 0 Å². The highest BCUT2D eigenvalue weighted by molar-refractivity contribution is 5.88. The van der Waals surface area contributed by atoms with Gasteiger partial charge in [-0.3, -0.25) is 4.79 Å². The largest absolute Gasteiger partial charge is 0.477 e. The molecule has 0 fully saturated rings. The van der Waals surface area contributed by atoms with Gasteiger partial charge >= 0.3 is 5.97 Å². The second-order valence-electron chi connectivity index (χ2n) is 4.98. The van der Waals surface area contributed by atoms with Gasteiger partial charge in [-0.2, -0.15) is 0 Å². The lowest BCUT2D eigenvalue weighted by atomic mass is 10.0. The van der Waals surface area contributed by atoms with Crippen molar-refractivity contribution in [1.29, 1.82) is 0 Å². The SMILES string of the molecule is CCc1cc(C(=O)O)c(=O)[nH]c1-c1ccccc1N(C)C. The van der Waals surface area contributed by atoms with Crippen molar-refractivity contribution in [2.24, 2.45) is 0 Å². The molecule has 0 aliphatic rings. The highest BCUT2D eigenvalue weighted by Crippen LogP contribution is 2.30. The van der Waals surface area contributed by atoms with Crippen LogP contribution >= 0.6 is 0 Å². The summed E-state index contributed by atoms with van der Waals surface area (Å²) in [6.45, 7) is 1.93. The summed E-state index contributed by atoms with van der Waals surface area (Å²) in [5, 5.41) is 9.06. The van der Waals surface area contributed by atoms with E-state index >= 15 is 0 Å². The Morgan fingerprint density at radius 3 is 2.52 bits per heavy atom. The molecule has 0 unspecified atom stereocenters. The third kappa shape index (κ3) is 2.81. The molecule has 5 heteroatoms. The molecular formula is C16H18N2O3. The smallest absolute Gasteiger partial charge is 0.341 e. The van der Waals surface area contributed by atoms with E-state index in [2.05, 4.69) is 4.98 Å². The summed E-state index contributed by atoms with van der Waals surface area (Å²) in [6, 6.07) is 9.15. The standard InChI is InChI=1S/C16H18N2O3/c1-4-10-9-12(16(20)21)15(19)17-14(10)11-7-5-6-8-13(11)18(2)3/h5-9H,4H2,1-3H3,(H,17,19)(H,20,21). The molecule has 110 valence electrons. The number of hydrogen-bond donors (Lipinski definition) is 2. The molecule has 1 aromatic heterocycles. The van der Waals surface area contributed by atoms with Gasteiger partial charge in [-0.1, -0.05) is 25.1 Å². The minimum Gasteiger partial charge on any atom is -0.477 e. The van der Waals surface area contributed by atoms with Crippen molar-refractivity contribution in [3.8, 4) is 11.3 Å². The molecule has 1 aromatic carbocycles. The first-order valence-electron chi connectivity index (χ1n) is 6.72. The molecule has 0 atom stereocenters. The number of rotatable bonds is 4. The maximum Gasteiger partial charge on any atom is 0.341 e. The lowest BCUT2D eigenvalue weighted by molar-refractivity contribution is 0.0695. The van der Waals surface area contributed by atoms with Gasteiger partial charge in [0.2, 0.25) is 0 Å². The number of anilines is 1. The maximum atomic E-state index is 12.0. The third-order valence-electron chi connectivity index (χ3n) is 3.39. The molecule has 21 heavy (non-hydrogen) atoms. The average molecular weight is 286 g/mol. The van der Waals surface area contributed by atoms with Crippen LogP contribution in [-0.4, -0.2) is 30.2 Å². The number of aromatic nitrogens is 1. The van der Waals surface area contributed by atoms with E-state index in [-0.39, 0.29) is 5.56 Å². The number of aromatic carboxylic acids is 1. The lowest BCUT2D eigenvalue weighted by Gasteiger charge is -2.19. The number of hydrogen-bond acceptors (Lipinski definition) is 3. The van der Waals surface area contributed by atoms with Crippen LogP contribution in [-0.2, 0) is 6.42 Å². The Morgan fingerprint density at radius 2 is 1.95 bits per heavy atom. The molecule has 2 N–H and O–H groups in total. The van der Waals surface area contributed by atoms with E-state index in [1.54, 1.807) is 0 Å². The molecule has 0 saturated heterocycles. The van der Waals surface area contributed by atoms with E-state index < -0.39 is 11.5 Å². The first-order valence-corrected chi connectivity index (χ1v) is 6.72. The molecule has 0 radical (unpaired) electrons. The number of benzene rings is 1. The molecular weight excluding hydrogens is 268 g/mol. The number of pyridine rings is 1. The molecule has 0 amide bonds. The van der Waals surface area contributed by atoms with Gasteiger partial charge in [0, 0.05) is 25.3 Å². The molecule has 1 heterocycles. The quantitative estimate of drug-likeness (QED) is 0.905. The Hall–Kier alpha value is -2.56. The zero-order valence-electron chi connectivity index (χ0n) is 12.3. The van der Waals surface area contributed by atoms with E-state index in [9.17, 15) is 9.59 Å². The average Bonchev–Trinajstić information content (AvgIpc) is 2.46. The highest BCUT2D eigenvalue weighted by Gasteiger charge is 2.16. The van der Waals surface area contributed by atoms with Crippen molar-refractivity contribution in [2.75, 3.05) is 19.0 Å². The number of carbonyl (C=O) groups is 1. The zero-order valence-corrected chi connectivity index (χ0v) is 12.3. The predicted octanol–water partition coefficient (Wildman–Crippen LogP) is 2.37. The van der Waals surface area contributed by atoms with Gasteiger partial charge in [0.25, 0.3) is 5.56 Å². The maximum absolute atomic E-state index is 12.0. The summed E-state index contributed by atoms with van der Waals surface area (Å²) in [5.74, 6) is -1.21. The molecule has 2 aromatic rings. The molecule has 0 bridgehead atoms. The van der Waals surface area contributed by atoms with Gasteiger partial charge in [-0.05, 0) is 24.1 Å². The van der Waals surface area contributed by atoms with Crippen LogP contribution in [0.5, 0.6) is 0 Å². The minimum atomic E-state index is -1.21. The van der Waals surface area contributed by atoms with Crippen molar-refractivity contribution in [1.82, 2.24) is 4.98 Å². The summed E-state index contributed by atoms with van der Waals surface area (Å²) in [4.78, 5) is 27.7. The van der Waals surface area contributed by atoms with Crippen molar-refractivity contribution >= 4 is 11.7 Å². The number of carboxylic acids is 1. The normalized spacial score (nSPS) is 10.4. The van der Waals surface area contributed by atoms with Gasteiger partial charge in [-0.25, -0.2) is 4.79 Å². The molecule has 0 saturated carbocycles. The zero-order chi connectivity index (χ0) is 15.6. The summed E-state index contributed by atoms with van der Waals surface area (Å²) in [5.41, 5.74) is 2.53. The van der Waals surface area contributed by atoms with E-state index in [0.29, 0.717) is 12.1 Å². The second-order valence-corrected chi connectivity index (χ2v) is 4.98. The molecule has 5 nitrogen and oxygen atoms in total. The van der Waals surface area contributed by atoms with Gasteiger partial charge < -0.3 is 15.0 Å². The van der Waals surface area contributed by atoms with Crippen molar-refractivity contribution in [3.63, 3.8) is 0 Å². The van der Waals surface area contributed by atoms with Crippen molar-refractivity contribution < 1.29 is 9.90 Å².